The van der Waals surface area contributed by atoms with E-state index in [9.17, 15) is 17.2 Å². The monoisotopic (exact) mass is 261 g/mol. The Kier molecular flexibility index (Phi) is 6.14. The molecule has 0 spiro atoms. The minimum absolute atomic E-state index is 0.319. The van der Waals surface area contributed by atoms with Crippen LogP contribution in [0.4, 0.5) is 8.78 Å². The van der Waals surface area contributed by atoms with E-state index in [-0.39, 0.29) is 0 Å². The van der Waals surface area contributed by atoms with Crippen molar-refractivity contribution in [2.24, 2.45) is 0 Å². The Morgan fingerprint density at radius 2 is 1.93 bits per heavy atom. The molecule has 7 heteroatoms. The summed E-state index contributed by atoms with van der Waals surface area (Å²) in [5.41, 5.74) is 0. The number of rotatable bonds is 7. The minimum atomic E-state index is -3.81. The van der Waals surface area contributed by atoms with Crippen molar-refractivity contribution < 1.29 is 17.2 Å². The second kappa shape index (κ2) is 6.06. The van der Waals surface area contributed by atoms with Crippen molar-refractivity contribution in [1.82, 2.24) is 4.31 Å². The van der Waals surface area contributed by atoms with E-state index >= 15 is 0 Å². The summed E-state index contributed by atoms with van der Waals surface area (Å²) in [4.78, 5) is 0. The van der Waals surface area contributed by atoms with Gasteiger partial charge in [0.25, 0.3) is 5.92 Å². The third-order valence-corrected chi connectivity index (χ3v) is 4.67. The van der Waals surface area contributed by atoms with Gasteiger partial charge in [-0.2, -0.15) is 0 Å². The van der Waals surface area contributed by atoms with Gasteiger partial charge in [0.2, 0.25) is 10.0 Å². The summed E-state index contributed by atoms with van der Waals surface area (Å²) in [7, 11) is -1.70. The summed E-state index contributed by atoms with van der Waals surface area (Å²) >= 11 is 0. The standard InChI is InChI=1S/C8H18F2NO2PS/c1-8(9,10)7-15(12,13)11(2)5-4-6-14-3/h14H,4-7H2,1-3H3. The first-order valence-corrected chi connectivity index (χ1v) is 7.97. The van der Waals surface area contributed by atoms with E-state index in [1.54, 1.807) is 0 Å². The molecule has 0 aliphatic carbocycles. The summed E-state index contributed by atoms with van der Waals surface area (Å²) in [6.45, 7) is 2.96. The van der Waals surface area contributed by atoms with Gasteiger partial charge in [-0.15, -0.1) is 8.58 Å². The molecule has 0 heterocycles. The summed E-state index contributed by atoms with van der Waals surface area (Å²) in [6, 6.07) is 0. The van der Waals surface area contributed by atoms with Crippen molar-refractivity contribution in [1.29, 1.82) is 0 Å². The highest BCUT2D eigenvalue weighted by molar-refractivity contribution is 7.89. The molecule has 0 aliphatic heterocycles. The molecule has 0 aliphatic rings. The lowest BCUT2D eigenvalue weighted by atomic mass is 10.5. The topological polar surface area (TPSA) is 37.4 Å². The highest BCUT2D eigenvalue weighted by Gasteiger charge is 2.32. The fourth-order valence-electron chi connectivity index (χ4n) is 1.05. The van der Waals surface area contributed by atoms with Crippen LogP contribution in [0.15, 0.2) is 0 Å². The van der Waals surface area contributed by atoms with Gasteiger partial charge in [0.1, 0.15) is 5.75 Å². The van der Waals surface area contributed by atoms with Gasteiger partial charge in [0.15, 0.2) is 0 Å². The van der Waals surface area contributed by atoms with Crippen LogP contribution in [0.3, 0.4) is 0 Å². The van der Waals surface area contributed by atoms with Gasteiger partial charge >= 0.3 is 0 Å². The first-order valence-electron chi connectivity index (χ1n) is 4.65. The van der Waals surface area contributed by atoms with E-state index in [2.05, 4.69) is 0 Å². The van der Waals surface area contributed by atoms with E-state index in [4.69, 9.17) is 0 Å². The molecule has 0 aromatic heterocycles. The highest BCUT2D eigenvalue weighted by Crippen LogP contribution is 2.17. The van der Waals surface area contributed by atoms with Crippen LogP contribution in [0.2, 0.25) is 0 Å². The Balaban J connectivity index is 4.21. The average molecular weight is 261 g/mol. The van der Waals surface area contributed by atoms with Crippen LogP contribution in [-0.4, -0.2) is 50.8 Å². The zero-order chi connectivity index (χ0) is 12.1. The summed E-state index contributed by atoms with van der Waals surface area (Å²) in [5, 5.41) is 0. The van der Waals surface area contributed by atoms with Crippen LogP contribution in [0.5, 0.6) is 0 Å². The van der Waals surface area contributed by atoms with Crippen molar-refractivity contribution in [2.75, 3.05) is 32.2 Å². The molecule has 0 saturated carbocycles. The molecule has 0 saturated heterocycles. The Morgan fingerprint density at radius 1 is 1.40 bits per heavy atom. The van der Waals surface area contributed by atoms with Gasteiger partial charge in [0.05, 0.1) is 0 Å². The second-order valence-corrected chi connectivity index (χ2v) is 6.89. The predicted molar refractivity (Wildman–Crippen MR) is 60.8 cm³/mol. The maximum Gasteiger partial charge on any atom is 0.260 e. The van der Waals surface area contributed by atoms with Crippen LogP contribution in [0.25, 0.3) is 0 Å². The second-order valence-electron chi connectivity index (χ2n) is 3.61. The number of alkyl halides is 2. The molecule has 1 atom stereocenters. The Hall–Kier alpha value is 0.200. The molecule has 0 fully saturated rings. The van der Waals surface area contributed by atoms with Crippen molar-refractivity contribution in [3.8, 4) is 0 Å². The van der Waals surface area contributed by atoms with E-state index in [1.165, 1.54) is 7.05 Å². The first kappa shape index (κ1) is 15.2. The molecule has 92 valence electrons. The van der Waals surface area contributed by atoms with Crippen LogP contribution < -0.4 is 0 Å². The van der Waals surface area contributed by atoms with E-state index in [0.717, 1.165) is 25.5 Å². The van der Waals surface area contributed by atoms with Gasteiger partial charge in [-0.05, 0) is 19.2 Å². The largest absolute Gasteiger partial charge is 0.260 e. The SMILES string of the molecule is CPCCCN(C)S(=O)(=O)CC(C)(F)F. The lowest BCUT2D eigenvalue weighted by molar-refractivity contribution is 0.0463. The maximum atomic E-state index is 12.6. The van der Waals surface area contributed by atoms with E-state index in [0.29, 0.717) is 13.5 Å². The lowest BCUT2D eigenvalue weighted by Gasteiger charge is -2.19. The van der Waals surface area contributed by atoms with Crippen molar-refractivity contribution in [2.45, 2.75) is 19.3 Å². The Morgan fingerprint density at radius 3 is 2.33 bits per heavy atom. The zero-order valence-corrected chi connectivity index (χ0v) is 11.1. The van der Waals surface area contributed by atoms with E-state index < -0.39 is 21.7 Å². The average Bonchev–Trinajstić information content (AvgIpc) is 2.00. The van der Waals surface area contributed by atoms with Gasteiger partial charge in [-0.25, -0.2) is 21.5 Å². The number of hydrogen-bond acceptors (Lipinski definition) is 2. The normalized spacial score (nSPS) is 14.3. The summed E-state index contributed by atoms with van der Waals surface area (Å²) < 4.78 is 48.9. The molecule has 0 aromatic rings. The van der Waals surface area contributed by atoms with Crippen molar-refractivity contribution >= 4 is 18.6 Å². The minimum Gasteiger partial charge on any atom is -0.212 e. The predicted octanol–water partition coefficient (Wildman–Crippen LogP) is 1.60. The third-order valence-electron chi connectivity index (χ3n) is 1.81. The van der Waals surface area contributed by atoms with Crippen LogP contribution in [0, 0.1) is 0 Å². The molecular formula is C8H18F2NO2PS. The smallest absolute Gasteiger partial charge is 0.212 e. The van der Waals surface area contributed by atoms with E-state index in [1.807, 2.05) is 6.66 Å². The fourth-order valence-corrected chi connectivity index (χ4v) is 2.83. The molecule has 0 radical (unpaired) electrons. The first-order chi connectivity index (χ1) is 6.69. The van der Waals surface area contributed by atoms with Crippen molar-refractivity contribution in [3.63, 3.8) is 0 Å². The number of hydrogen-bond donors (Lipinski definition) is 0. The van der Waals surface area contributed by atoms with Crippen LogP contribution in [-0.2, 0) is 10.0 Å². The number of halogens is 2. The Labute approximate surface area is 92.1 Å². The fraction of sp³-hybridized carbons (Fsp3) is 1.00. The third kappa shape index (κ3) is 7.14. The molecule has 0 amide bonds. The quantitative estimate of drug-likeness (QED) is 0.515. The van der Waals surface area contributed by atoms with Gasteiger partial charge in [-0.1, -0.05) is 0 Å². The lowest BCUT2D eigenvalue weighted by Crippen LogP contribution is -2.36. The maximum absolute atomic E-state index is 12.6. The summed E-state index contributed by atoms with van der Waals surface area (Å²) in [5.74, 6) is -4.27. The van der Waals surface area contributed by atoms with Crippen LogP contribution in [0.1, 0.15) is 13.3 Å². The van der Waals surface area contributed by atoms with Gasteiger partial charge < -0.3 is 0 Å². The molecule has 15 heavy (non-hydrogen) atoms. The van der Waals surface area contributed by atoms with Gasteiger partial charge in [0, 0.05) is 20.5 Å². The molecule has 0 N–H and O–H groups in total. The zero-order valence-electron chi connectivity index (χ0n) is 9.26. The number of nitrogens with zero attached hydrogens (tertiary/aromatic N) is 1. The van der Waals surface area contributed by atoms with Crippen LogP contribution >= 0.6 is 8.58 Å². The molecule has 0 aromatic carbocycles. The molecule has 0 bridgehead atoms. The molecule has 0 rings (SSSR count). The molecule has 1 unspecified atom stereocenters. The summed E-state index contributed by atoms with van der Waals surface area (Å²) in [6.07, 6.45) is 1.66. The van der Waals surface area contributed by atoms with Crippen molar-refractivity contribution in [3.05, 3.63) is 0 Å². The Bertz CT molecular complexity index is 277. The number of sulfonamides is 1. The molecule has 3 nitrogen and oxygen atoms in total. The highest BCUT2D eigenvalue weighted by atomic mass is 32.2. The molecular weight excluding hydrogens is 243 g/mol. The van der Waals surface area contributed by atoms with Gasteiger partial charge in [-0.3, -0.25) is 0 Å².